The second-order valence-corrected chi connectivity index (χ2v) is 9.96. The molecule has 0 saturated carbocycles. The van der Waals surface area contributed by atoms with Crippen molar-refractivity contribution in [3.8, 4) is 5.75 Å². The van der Waals surface area contributed by atoms with Gasteiger partial charge in [-0.3, -0.25) is 4.79 Å². The number of rotatable bonds is 5. The number of methoxy groups -OCH3 is 1. The van der Waals surface area contributed by atoms with Crippen molar-refractivity contribution in [1.82, 2.24) is 5.32 Å². The highest BCUT2D eigenvalue weighted by atomic mass is 32.2. The van der Waals surface area contributed by atoms with E-state index in [-0.39, 0.29) is 28.2 Å². The molecule has 0 heterocycles. The zero-order valence-electron chi connectivity index (χ0n) is 17.6. The Morgan fingerprint density at radius 3 is 2.16 bits per heavy atom. The molecule has 0 aromatic heterocycles. The molecule has 1 atom stereocenters. The summed E-state index contributed by atoms with van der Waals surface area (Å²) in [4.78, 5) is 12.9. The van der Waals surface area contributed by atoms with E-state index in [0.717, 1.165) is 6.42 Å². The van der Waals surface area contributed by atoms with E-state index in [1.165, 1.54) is 47.6 Å². The average molecular weight is 449 g/mol. The van der Waals surface area contributed by atoms with Crippen LogP contribution in [0, 0.1) is 5.92 Å². The summed E-state index contributed by atoms with van der Waals surface area (Å²) in [5.41, 5.74) is 5.56. The maximum Gasteiger partial charge on any atom is 0.255 e. The third-order valence-electron chi connectivity index (χ3n) is 6.69. The maximum absolute atomic E-state index is 13.0. The number of nitrogens with one attached hydrogen (secondary N) is 1. The van der Waals surface area contributed by atoms with Crippen LogP contribution in [0.2, 0.25) is 0 Å². The van der Waals surface area contributed by atoms with Crippen molar-refractivity contribution in [3.63, 3.8) is 0 Å². The number of carbonyl (C=O) groups is 1. The first-order chi connectivity index (χ1) is 15.4. The Kier molecular flexibility index (Phi) is 5.03. The lowest BCUT2D eigenvalue weighted by molar-refractivity contribution is 0.0939. The molecule has 0 radical (unpaired) electrons. The molecular formula is C25H24N2O4S. The van der Waals surface area contributed by atoms with Gasteiger partial charge in [-0.2, -0.15) is 0 Å². The van der Waals surface area contributed by atoms with E-state index in [4.69, 9.17) is 9.88 Å². The Morgan fingerprint density at radius 2 is 1.59 bits per heavy atom. The summed E-state index contributed by atoms with van der Waals surface area (Å²) in [6.45, 7) is 0.478. The van der Waals surface area contributed by atoms with Crippen molar-refractivity contribution in [2.45, 2.75) is 23.2 Å². The van der Waals surface area contributed by atoms with Crippen LogP contribution in [0.25, 0.3) is 0 Å². The fourth-order valence-corrected chi connectivity index (χ4v) is 5.86. The minimum Gasteiger partial charge on any atom is -0.496 e. The van der Waals surface area contributed by atoms with Crippen LogP contribution < -0.4 is 15.2 Å². The third kappa shape index (κ3) is 3.38. The van der Waals surface area contributed by atoms with Crippen LogP contribution in [0.1, 0.15) is 50.9 Å². The normalized spacial score (nSPS) is 20.9. The predicted molar refractivity (Wildman–Crippen MR) is 121 cm³/mol. The number of hydrogen-bond donors (Lipinski definition) is 2. The number of nitrogens with two attached hydrogens (primary N) is 1. The van der Waals surface area contributed by atoms with Gasteiger partial charge in [0.25, 0.3) is 5.91 Å². The van der Waals surface area contributed by atoms with Crippen LogP contribution in [0.5, 0.6) is 5.75 Å². The highest BCUT2D eigenvalue weighted by molar-refractivity contribution is 7.89. The van der Waals surface area contributed by atoms with E-state index in [0.29, 0.717) is 18.2 Å². The molecule has 6 nitrogen and oxygen atoms in total. The van der Waals surface area contributed by atoms with E-state index in [9.17, 15) is 13.2 Å². The molecule has 0 aliphatic heterocycles. The van der Waals surface area contributed by atoms with Crippen molar-refractivity contribution in [1.29, 1.82) is 0 Å². The van der Waals surface area contributed by atoms with Crippen molar-refractivity contribution < 1.29 is 17.9 Å². The number of sulfonamides is 1. The Balaban J connectivity index is 1.43. The van der Waals surface area contributed by atoms with Gasteiger partial charge in [-0.15, -0.1) is 0 Å². The van der Waals surface area contributed by atoms with Gasteiger partial charge in [0.1, 0.15) is 5.75 Å². The predicted octanol–water partition coefficient (Wildman–Crippen LogP) is 3.37. The largest absolute Gasteiger partial charge is 0.496 e. The summed E-state index contributed by atoms with van der Waals surface area (Å²) in [7, 11) is -2.49. The second kappa shape index (κ2) is 7.76. The van der Waals surface area contributed by atoms with Crippen molar-refractivity contribution in [2.24, 2.45) is 11.1 Å². The van der Waals surface area contributed by atoms with Gasteiger partial charge in [0.15, 0.2) is 0 Å². The number of amides is 1. The molecule has 3 aromatic rings. The van der Waals surface area contributed by atoms with Crippen LogP contribution in [-0.4, -0.2) is 28.0 Å². The SMILES string of the molecule is COc1ccc(S(N)(=O)=O)cc1C(=O)NC[C@@H]1CC2c3ccccc3C1c1ccccc12. The summed E-state index contributed by atoms with van der Waals surface area (Å²) >= 11 is 0. The summed E-state index contributed by atoms with van der Waals surface area (Å²) in [6.07, 6.45) is 0.952. The van der Waals surface area contributed by atoms with E-state index in [1.807, 2.05) is 0 Å². The minimum absolute atomic E-state index is 0.122. The molecule has 3 aliphatic carbocycles. The highest BCUT2D eigenvalue weighted by Crippen LogP contribution is 2.55. The average Bonchev–Trinajstić information content (AvgIpc) is 2.81. The molecule has 0 fully saturated rings. The van der Waals surface area contributed by atoms with E-state index in [1.54, 1.807) is 0 Å². The van der Waals surface area contributed by atoms with Gasteiger partial charge in [-0.25, -0.2) is 13.6 Å². The van der Waals surface area contributed by atoms with Crippen molar-refractivity contribution >= 4 is 15.9 Å². The number of carbonyl (C=O) groups excluding carboxylic acids is 1. The lowest BCUT2D eigenvalue weighted by atomic mass is 9.59. The van der Waals surface area contributed by atoms with Gasteiger partial charge in [-0.05, 0) is 52.8 Å². The molecule has 3 N–H and O–H groups in total. The summed E-state index contributed by atoms with van der Waals surface area (Å²) in [5.74, 6) is 0.687. The first-order valence-corrected chi connectivity index (χ1v) is 12.1. The van der Waals surface area contributed by atoms with Crippen LogP contribution in [0.15, 0.2) is 71.6 Å². The quantitative estimate of drug-likeness (QED) is 0.625. The second-order valence-electron chi connectivity index (χ2n) is 8.40. The number of hydrogen-bond acceptors (Lipinski definition) is 4. The zero-order chi connectivity index (χ0) is 22.5. The number of benzene rings is 3. The van der Waals surface area contributed by atoms with E-state index < -0.39 is 10.0 Å². The van der Waals surface area contributed by atoms with Crippen LogP contribution >= 0.6 is 0 Å². The molecule has 1 amide bonds. The summed E-state index contributed by atoms with van der Waals surface area (Å²) in [5, 5.41) is 8.25. The van der Waals surface area contributed by atoms with Crippen LogP contribution in [-0.2, 0) is 10.0 Å². The first-order valence-electron chi connectivity index (χ1n) is 10.5. The van der Waals surface area contributed by atoms with Crippen molar-refractivity contribution in [2.75, 3.05) is 13.7 Å². The first kappa shape index (κ1) is 20.7. The lowest BCUT2D eigenvalue weighted by Gasteiger charge is -2.45. The van der Waals surface area contributed by atoms with Gasteiger partial charge in [0.05, 0.1) is 17.6 Å². The standard InChI is InChI=1S/C25H24N2O4S/c1-31-23-11-10-16(32(26,29)30)13-22(23)25(28)27-14-15-12-21-17-6-2-4-8-19(17)24(15)20-9-5-3-7-18(20)21/h2-11,13,15,21,24H,12,14H2,1H3,(H,27,28)(H2,26,29,30)/t15-,21?,24?/m0/s1. The monoisotopic (exact) mass is 448 g/mol. The molecule has 3 aliphatic rings. The number of fused-ring (bicyclic) bond motifs is 1. The van der Waals surface area contributed by atoms with Gasteiger partial charge < -0.3 is 10.1 Å². The topological polar surface area (TPSA) is 98.5 Å². The summed E-state index contributed by atoms with van der Waals surface area (Å²) < 4.78 is 28.7. The number of ether oxygens (including phenoxy) is 1. The van der Waals surface area contributed by atoms with Gasteiger partial charge in [-0.1, -0.05) is 48.5 Å². The maximum atomic E-state index is 13.0. The zero-order valence-corrected chi connectivity index (χ0v) is 18.4. The van der Waals surface area contributed by atoms with Crippen LogP contribution in [0.3, 0.4) is 0 Å². The Labute approximate surface area is 187 Å². The fraction of sp³-hybridized carbons (Fsp3) is 0.240. The molecular weight excluding hydrogens is 424 g/mol. The molecule has 3 aromatic carbocycles. The molecule has 6 rings (SSSR count). The Morgan fingerprint density at radius 1 is 1.00 bits per heavy atom. The Hall–Kier alpha value is -3.16. The molecule has 7 heteroatoms. The molecule has 32 heavy (non-hydrogen) atoms. The molecule has 0 saturated heterocycles. The fourth-order valence-electron chi connectivity index (χ4n) is 5.32. The molecule has 0 unspecified atom stereocenters. The van der Waals surface area contributed by atoms with Gasteiger partial charge in [0.2, 0.25) is 10.0 Å². The van der Waals surface area contributed by atoms with E-state index >= 15 is 0 Å². The van der Waals surface area contributed by atoms with Crippen LogP contribution in [0.4, 0.5) is 0 Å². The minimum atomic E-state index is -3.93. The molecule has 2 bridgehead atoms. The van der Waals surface area contributed by atoms with Gasteiger partial charge >= 0.3 is 0 Å². The molecule has 164 valence electrons. The highest BCUT2D eigenvalue weighted by Gasteiger charge is 2.42. The van der Waals surface area contributed by atoms with Crippen molar-refractivity contribution in [3.05, 3.63) is 94.5 Å². The summed E-state index contributed by atoms with van der Waals surface area (Å²) in [6, 6.07) is 21.2. The van der Waals surface area contributed by atoms with Gasteiger partial charge in [0, 0.05) is 18.4 Å². The third-order valence-corrected chi connectivity index (χ3v) is 7.60. The molecule has 0 spiro atoms. The number of primary sulfonamides is 1. The lowest BCUT2D eigenvalue weighted by Crippen LogP contribution is -2.39. The Bertz CT molecular complexity index is 1270. The smallest absolute Gasteiger partial charge is 0.255 e. The van der Waals surface area contributed by atoms with E-state index in [2.05, 4.69) is 53.8 Å².